The molecule has 0 aliphatic heterocycles. The fourth-order valence-electron chi connectivity index (χ4n) is 1.74. The third kappa shape index (κ3) is 4.09. The first-order chi connectivity index (χ1) is 7.99. The highest BCUT2D eigenvalue weighted by Crippen LogP contribution is 2.33. The zero-order valence-electron chi connectivity index (χ0n) is 11.2. The molecule has 1 heterocycles. The predicted octanol–water partition coefficient (Wildman–Crippen LogP) is 2.08. The van der Waals surface area contributed by atoms with E-state index in [9.17, 15) is 0 Å². The SMILES string of the molecule is COC(c1noc(CCCCN)n1)C(C)(C)C. The molecule has 0 radical (unpaired) electrons. The molecular weight excluding hydrogens is 218 g/mol. The van der Waals surface area contributed by atoms with E-state index < -0.39 is 0 Å². The number of aromatic nitrogens is 2. The summed E-state index contributed by atoms with van der Waals surface area (Å²) in [6, 6.07) is 0. The van der Waals surface area contributed by atoms with Crippen LogP contribution in [-0.2, 0) is 11.2 Å². The molecule has 1 aromatic heterocycles. The lowest BCUT2D eigenvalue weighted by Gasteiger charge is -2.26. The zero-order valence-corrected chi connectivity index (χ0v) is 11.2. The molecule has 5 heteroatoms. The van der Waals surface area contributed by atoms with Gasteiger partial charge in [-0.1, -0.05) is 25.9 Å². The molecule has 17 heavy (non-hydrogen) atoms. The summed E-state index contributed by atoms with van der Waals surface area (Å²) < 4.78 is 10.6. The van der Waals surface area contributed by atoms with E-state index in [4.69, 9.17) is 15.0 Å². The van der Waals surface area contributed by atoms with E-state index in [2.05, 4.69) is 30.9 Å². The smallest absolute Gasteiger partial charge is 0.226 e. The van der Waals surface area contributed by atoms with Crippen molar-refractivity contribution in [3.05, 3.63) is 11.7 Å². The summed E-state index contributed by atoms with van der Waals surface area (Å²) >= 11 is 0. The molecule has 0 fully saturated rings. The Hall–Kier alpha value is -0.940. The fraction of sp³-hybridized carbons (Fsp3) is 0.833. The monoisotopic (exact) mass is 241 g/mol. The van der Waals surface area contributed by atoms with Crippen LogP contribution in [0.5, 0.6) is 0 Å². The van der Waals surface area contributed by atoms with Crippen molar-refractivity contribution in [1.29, 1.82) is 0 Å². The summed E-state index contributed by atoms with van der Waals surface area (Å²) in [6.07, 6.45) is 2.59. The normalized spacial score (nSPS) is 13.9. The number of hydrogen-bond acceptors (Lipinski definition) is 5. The Bertz CT molecular complexity index is 331. The standard InChI is InChI=1S/C12H23N3O2/c1-12(2,3)10(16-4)11-14-9(17-15-11)7-5-6-8-13/h10H,5-8,13H2,1-4H3. The van der Waals surface area contributed by atoms with Crippen molar-refractivity contribution in [2.45, 2.75) is 46.1 Å². The van der Waals surface area contributed by atoms with E-state index in [0.717, 1.165) is 19.3 Å². The van der Waals surface area contributed by atoms with E-state index in [0.29, 0.717) is 18.3 Å². The van der Waals surface area contributed by atoms with Crippen molar-refractivity contribution in [2.75, 3.05) is 13.7 Å². The molecule has 0 saturated carbocycles. The number of rotatable bonds is 6. The molecule has 0 bridgehead atoms. The number of nitrogens with two attached hydrogens (primary N) is 1. The van der Waals surface area contributed by atoms with Crippen LogP contribution in [0.2, 0.25) is 0 Å². The topological polar surface area (TPSA) is 74.2 Å². The lowest BCUT2D eigenvalue weighted by atomic mass is 9.88. The molecule has 0 amide bonds. The molecule has 0 aliphatic rings. The van der Waals surface area contributed by atoms with Gasteiger partial charge in [0.2, 0.25) is 11.7 Å². The second kappa shape index (κ2) is 6.12. The highest BCUT2D eigenvalue weighted by atomic mass is 16.5. The molecular formula is C12H23N3O2. The summed E-state index contributed by atoms with van der Waals surface area (Å²) in [7, 11) is 1.67. The maximum absolute atomic E-state index is 5.44. The molecule has 1 rings (SSSR count). The van der Waals surface area contributed by atoms with Gasteiger partial charge in [0, 0.05) is 13.5 Å². The third-order valence-electron chi connectivity index (χ3n) is 2.59. The van der Waals surface area contributed by atoms with Crippen LogP contribution in [0.4, 0.5) is 0 Å². The molecule has 0 saturated heterocycles. The molecule has 98 valence electrons. The number of aryl methyl sites for hydroxylation is 1. The predicted molar refractivity (Wildman–Crippen MR) is 65.5 cm³/mol. The van der Waals surface area contributed by atoms with Gasteiger partial charge < -0.3 is 15.0 Å². The summed E-state index contributed by atoms with van der Waals surface area (Å²) in [4.78, 5) is 4.38. The molecule has 2 N–H and O–H groups in total. The van der Waals surface area contributed by atoms with Crippen LogP contribution in [0, 0.1) is 5.41 Å². The van der Waals surface area contributed by atoms with Gasteiger partial charge in [-0.25, -0.2) is 0 Å². The van der Waals surface area contributed by atoms with Gasteiger partial charge in [-0.15, -0.1) is 0 Å². The Morgan fingerprint density at radius 2 is 2.06 bits per heavy atom. The largest absolute Gasteiger partial charge is 0.373 e. The molecule has 0 aromatic carbocycles. The quantitative estimate of drug-likeness (QED) is 0.772. The Balaban J connectivity index is 2.66. The second-order valence-corrected chi connectivity index (χ2v) is 5.27. The summed E-state index contributed by atoms with van der Waals surface area (Å²) in [5, 5.41) is 3.99. The minimum Gasteiger partial charge on any atom is -0.373 e. The molecule has 1 atom stereocenters. The molecule has 1 unspecified atom stereocenters. The lowest BCUT2D eigenvalue weighted by Crippen LogP contribution is -2.21. The average molecular weight is 241 g/mol. The molecule has 5 nitrogen and oxygen atoms in total. The van der Waals surface area contributed by atoms with Gasteiger partial charge in [0.05, 0.1) is 0 Å². The van der Waals surface area contributed by atoms with Crippen molar-refractivity contribution in [3.63, 3.8) is 0 Å². The van der Waals surface area contributed by atoms with Crippen LogP contribution in [0.25, 0.3) is 0 Å². The first-order valence-corrected chi connectivity index (χ1v) is 6.04. The third-order valence-corrected chi connectivity index (χ3v) is 2.59. The highest BCUT2D eigenvalue weighted by Gasteiger charge is 2.30. The number of ether oxygens (including phenoxy) is 1. The minimum atomic E-state index is -0.144. The van der Waals surface area contributed by atoms with Gasteiger partial charge in [0.1, 0.15) is 6.10 Å². The van der Waals surface area contributed by atoms with Gasteiger partial charge in [-0.3, -0.25) is 0 Å². The van der Waals surface area contributed by atoms with E-state index in [-0.39, 0.29) is 11.5 Å². The van der Waals surface area contributed by atoms with Crippen molar-refractivity contribution in [3.8, 4) is 0 Å². The summed E-state index contributed by atoms with van der Waals surface area (Å²) in [5.41, 5.74) is 5.39. The Morgan fingerprint density at radius 3 is 2.59 bits per heavy atom. The highest BCUT2D eigenvalue weighted by molar-refractivity contribution is 4.96. The lowest BCUT2D eigenvalue weighted by molar-refractivity contribution is 0.00718. The van der Waals surface area contributed by atoms with Gasteiger partial charge in [-0.2, -0.15) is 4.98 Å². The minimum absolute atomic E-state index is 0.0485. The van der Waals surface area contributed by atoms with E-state index in [1.54, 1.807) is 7.11 Å². The first-order valence-electron chi connectivity index (χ1n) is 6.04. The Labute approximate surface area is 103 Å². The summed E-state index contributed by atoms with van der Waals surface area (Å²) in [5.74, 6) is 1.29. The van der Waals surface area contributed by atoms with E-state index in [1.807, 2.05) is 0 Å². The van der Waals surface area contributed by atoms with Crippen molar-refractivity contribution in [2.24, 2.45) is 11.1 Å². The number of methoxy groups -OCH3 is 1. The number of nitrogens with zero attached hydrogens (tertiary/aromatic N) is 2. The second-order valence-electron chi connectivity index (χ2n) is 5.27. The molecule has 1 aromatic rings. The zero-order chi connectivity index (χ0) is 12.9. The van der Waals surface area contributed by atoms with Crippen molar-refractivity contribution < 1.29 is 9.26 Å². The van der Waals surface area contributed by atoms with Crippen LogP contribution in [0.1, 0.15) is 51.4 Å². The van der Waals surface area contributed by atoms with E-state index in [1.165, 1.54) is 0 Å². The first kappa shape index (κ1) is 14.1. The maximum Gasteiger partial charge on any atom is 0.226 e. The van der Waals surface area contributed by atoms with Crippen molar-refractivity contribution in [1.82, 2.24) is 10.1 Å². The van der Waals surface area contributed by atoms with E-state index >= 15 is 0 Å². The Morgan fingerprint density at radius 1 is 1.35 bits per heavy atom. The summed E-state index contributed by atoms with van der Waals surface area (Å²) in [6.45, 7) is 6.96. The molecule has 0 aliphatic carbocycles. The maximum atomic E-state index is 5.44. The van der Waals surface area contributed by atoms with Gasteiger partial charge >= 0.3 is 0 Å². The van der Waals surface area contributed by atoms with Crippen molar-refractivity contribution >= 4 is 0 Å². The van der Waals surface area contributed by atoms with Crippen LogP contribution in [0.3, 0.4) is 0 Å². The van der Waals surface area contributed by atoms with Crippen LogP contribution >= 0.6 is 0 Å². The van der Waals surface area contributed by atoms with Crippen LogP contribution in [-0.4, -0.2) is 23.8 Å². The number of unbranched alkanes of at least 4 members (excludes halogenated alkanes) is 1. The van der Waals surface area contributed by atoms with Crippen LogP contribution in [0.15, 0.2) is 4.52 Å². The molecule has 0 spiro atoms. The Kier molecular flexibility index (Phi) is 5.08. The fourth-order valence-corrected chi connectivity index (χ4v) is 1.74. The van der Waals surface area contributed by atoms with Gasteiger partial charge in [0.25, 0.3) is 0 Å². The van der Waals surface area contributed by atoms with Crippen LogP contribution < -0.4 is 5.73 Å². The average Bonchev–Trinajstić information content (AvgIpc) is 2.66. The number of hydrogen-bond donors (Lipinski definition) is 1. The van der Waals surface area contributed by atoms with Gasteiger partial charge in [0.15, 0.2) is 0 Å². The van der Waals surface area contributed by atoms with Gasteiger partial charge in [-0.05, 0) is 24.8 Å².